The summed E-state index contributed by atoms with van der Waals surface area (Å²) in [6.45, 7) is 2.91. The Morgan fingerprint density at radius 1 is 1.24 bits per heavy atom. The summed E-state index contributed by atoms with van der Waals surface area (Å²) in [5.74, 6) is 0.119. The van der Waals surface area contributed by atoms with Crippen LogP contribution < -0.4 is 16.0 Å². The monoisotopic (exact) mass is 364 g/mol. The van der Waals surface area contributed by atoms with Crippen LogP contribution >= 0.6 is 11.6 Å². The van der Waals surface area contributed by atoms with Crippen molar-refractivity contribution in [3.63, 3.8) is 0 Å². The molecule has 1 aromatic carbocycles. The lowest BCUT2D eigenvalue weighted by atomic mass is 10.3. The highest BCUT2D eigenvalue weighted by molar-refractivity contribution is 6.29. The number of hydrogen-bond donors (Lipinski definition) is 2. The van der Waals surface area contributed by atoms with Crippen molar-refractivity contribution in [2.24, 2.45) is 0 Å². The van der Waals surface area contributed by atoms with Crippen LogP contribution in [-0.4, -0.2) is 53.5 Å². The highest BCUT2D eigenvalue weighted by Crippen LogP contribution is 2.18. The van der Waals surface area contributed by atoms with Gasteiger partial charge in [0, 0.05) is 32.2 Å². The lowest BCUT2D eigenvalue weighted by molar-refractivity contribution is -0.117. The van der Waals surface area contributed by atoms with Crippen LogP contribution in [0.25, 0.3) is 0 Å². The second kappa shape index (κ2) is 7.62. The molecule has 0 spiro atoms. The molecule has 0 radical (unpaired) electrons. The summed E-state index contributed by atoms with van der Waals surface area (Å²) in [5, 5.41) is 2.89. The van der Waals surface area contributed by atoms with E-state index in [9.17, 15) is 9.18 Å². The number of nitrogens with two attached hydrogens (primary N) is 1. The number of nitrogens with one attached hydrogen (secondary N) is 1. The van der Waals surface area contributed by atoms with Gasteiger partial charge in [0.2, 0.25) is 11.9 Å². The summed E-state index contributed by atoms with van der Waals surface area (Å²) < 4.78 is 13.6. The maximum atomic E-state index is 13.6. The molecule has 9 heteroatoms. The van der Waals surface area contributed by atoms with Gasteiger partial charge in [-0.2, -0.15) is 4.98 Å². The van der Waals surface area contributed by atoms with Crippen LogP contribution in [0.2, 0.25) is 5.15 Å². The number of hydrogen-bond acceptors (Lipinski definition) is 6. The fourth-order valence-corrected chi connectivity index (χ4v) is 2.86. The van der Waals surface area contributed by atoms with Crippen LogP contribution in [0.4, 0.5) is 21.8 Å². The fourth-order valence-electron chi connectivity index (χ4n) is 2.68. The van der Waals surface area contributed by atoms with Crippen molar-refractivity contribution in [3.8, 4) is 0 Å². The van der Waals surface area contributed by atoms with Gasteiger partial charge in [0.05, 0.1) is 12.2 Å². The van der Waals surface area contributed by atoms with E-state index < -0.39 is 5.82 Å². The Labute approximate surface area is 149 Å². The van der Waals surface area contributed by atoms with Gasteiger partial charge in [-0.3, -0.25) is 9.69 Å². The molecule has 1 aliphatic heterocycles. The molecule has 132 valence electrons. The van der Waals surface area contributed by atoms with Crippen molar-refractivity contribution in [1.82, 2.24) is 14.9 Å². The van der Waals surface area contributed by atoms with Gasteiger partial charge < -0.3 is 16.0 Å². The molecule has 3 N–H and O–H groups in total. The zero-order valence-corrected chi connectivity index (χ0v) is 14.2. The van der Waals surface area contributed by atoms with E-state index in [1.165, 1.54) is 12.1 Å². The number of benzene rings is 1. The number of anilines is 3. The number of nitrogen functional groups attached to an aromatic ring is 1. The summed E-state index contributed by atoms with van der Waals surface area (Å²) in [6, 6.07) is 7.77. The molecule has 0 aliphatic carbocycles. The zero-order valence-electron chi connectivity index (χ0n) is 13.5. The van der Waals surface area contributed by atoms with Gasteiger partial charge in [-0.05, 0) is 12.1 Å². The molecule has 7 nitrogen and oxygen atoms in total. The minimum absolute atomic E-state index is 0.134. The summed E-state index contributed by atoms with van der Waals surface area (Å²) in [4.78, 5) is 24.1. The number of aromatic nitrogens is 2. The van der Waals surface area contributed by atoms with Crippen molar-refractivity contribution < 1.29 is 9.18 Å². The van der Waals surface area contributed by atoms with E-state index in [1.54, 1.807) is 18.2 Å². The van der Waals surface area contributed by atoms with Crippen molar-refractivity contribution in [2.75, 3.05) is 48.7 Å². The normalized spacial score (nSPS) is 15.2. The highest BCUT2D eigenvalue weighted by atomic mass is 35.5. The molecule has 1 aliphatic rings. The number of nitrogens with zero attached hydrogens (tertiary/aromatic N) is 4. The van der Waals surface area contributed by atoms with E-state index in [-0.39, 0.29) is 24.1 Å². The molecular weight excluding hydrogens is 347 g/mol. The third kappa shape index (κ3) is 4.55. The zero-order chi connectivity index (χ0) is 17.8. The standard InChI is InChI=1S/C16H18ClFN6O/c17-13-9-14(22-16(19)21-13)24-7-5-23(6-8-24)10-15(25)20-12-4-2-1-3-11(12)18/h1-4,9H,5-8,10H2,(H,20,25)(H2,19,21,22). The average molecular weight is 365 g/mol. The molecule has 0 saturated carbocycles. The topological polar surface area (TPSA) is 87.4 Å². The lowest BCUT2D eigenvalue weighted by Crippen LogP contribution is -2.49. The molecule has 3 rings (SSSR count). The number of halogens is 2. The number of carbonyl (C=O) groups is 1. The van der Waals surface area contributed by atoms with Gasteiger partial charge in [0.25, 0.3) is 0 Å². The minimum Gasteiger partial charge on any atom is -0.368 e. The number of amides is 1. The molecule has 25 heavy (non-hydrogen) atoms. The first kappa shape index (κ1) is 17.4. The van der Waals surface area contributed by atoms with Crippen LogP contribution in [0.1, 0.15) is 0 Å². The Balaban J connectivity index is 1.52. The van der Waals surface area contributed by atoms with E-state index in [4.69, 9.17) is 17.3 Å². The predicted molar refractivity (Wildman–Crippen MR) is 95.1 cm³/mol. The average Bonchev–Trinajstić information content (AvgIpc) is 2.57. The number of para-hydroxylation sites is 1. The second-order valence-electron chi connectivity index (χ2n) is 5.70. The third-order valence-electron chi connectivity index (χ3n) is 3.91. The number of rotatable bonds is 4. The Kier molecular flexibility index (Phi) is 5.30. The molecule has 1 amide bonds. The van der Waals surface area contributed by atoms with Crippen molar-refractivity contribution in [1.29, 1.82) is 0 Å². The van der Waals surface area contributed by atoms with Gasteiger partial charge in [-0.15, -0.1) is 0 Å². The quantitative estimate of drug-likeness (QED) is 0.801. The van der Waals surface area contributed by atoms with Crippen LogP contribution in [0.3, 0.4) is 0 Å². The van der Waals surface area contributed by atoms with Gasteiger partial charge in [0.1, 0.15) is 16.8 Å². The Bertz CT molecular complexity index is 746. The molecule has 1 fully saturated rings. The van der Waals surface area contributed by atoms with Crippen LogP contribution in [0, 0.1) is 5.82 Å². The first-order valence-corrected chi connectivity index (χ1v) is 8.21. The molecule has 1 saturated heterocycles. The second-order valence-corrected chi connectivity index (χ2v) is 6.09. The Morgan fingerprint density at radius 3 is 2.64 bits per heavy atom. The molecular formula is C16H18ClFN6O. The van der Waals surface area contributed by atoms with Crippen LogP contribution in [-0.2, 0) is 4.79 Å². The van der Waals surface area contributed by atoms with Gasteiger partial charge in [-0.25, -0.2) is 9.37 Å². The summed E-state index contributed by atoms with van der Waals surface area (Å²) in [5.41, 5.74) is 5.81. The van der Waals surface area contributed by atoms with E-state index in [2.05, 4.69) is 15.3 Å². The van der Waals surface area contributed by atoms with Crippen molar-refractivity contribution >= 4 is 35.0 Å². The molecule has 0 unspecified atom stereocenters. The van der Waals surface area contributed by atoms with Crippen molar-refractivity contribution in [3.05, 3.63) is 41.3 Å². The van der Waals surface area contributed by atoms with Gasteiger partial charge in [0.15, 0.2) is 0 Å². The van der Waals surface area contributed by atoms with Gasteiger partial charge in [-0.1, -0.05) is 23.7 Å². The molecule has 0 atom stereocenters. The van der Waals surface area contributed by atoms with E-state index in [0.717, 1.165) is 0 Å². The largest absolute Gasteiger partial charge is 0.368 e. The minimum atomic E-state index is -0.445. The molecule has 2 heterocycles. The van der Waals surface area contributed by atoms with Gasteiger partial charge >= 0.3 is 0 Å². The first-order valence-electron chi connectivity index (χ1n) is 7.83. The SMILES string of the molecule is Nc1nc(Cl)cc(N2CCN(CC(=O)Nc3ccccc3F)CC2)n1. The van der Waals surface area contributed by atoms with E-state index in [0.29, 0.717) is 37.1 Å². The van der Waals surface area contributed by atoms with E-state index in [1.807, 2.05) is 9.80 Å². The summed E-state index contributed by atoms with van der Waals surface area (Å²) >= 11 is 5.90. The maximum absolute atomic E-state index is 13.6. The maximum Gasteiger partial charge on any atom is 0.238 e. The van der Waals surface area contributed by atoms with Crippen molar-refractivity contribution in [2.45, 2.75) is 0 Å². The molecule has 2 aromatic rings. The third-order valence-corrected chi connectivity index (χ3v) is 4.10. The first-order chi connectivity index (χ1) is 12.0. The molecule has 1 aromatic heterocycles. The Morgan fingerprint density at radius 2 is 1.96 bits per heavy atom. The fraction of sp³-hybridized carbons (Fsp3) is 0.312. The highest BCUT2D eigenvalue weighted by Gasteiger charge is 2.21. The molecule has 0 bridgehead atoms. The predicted octanol–water partition coefficient (Wildman–Crippen LogP) is 1.61. The van der Waals surface area contributed by atoms with Crippen LogP contribution in [0.15, 0.2) is 30.3 Å². The lowest BCUT2D eigenvalue weighted by Gasteiger charge is -2.35. The summed E-state index contributed by atoms with van der Waals surface area (Å²) in [7, 11) is 0. The Hall–Kier alpha value is -2.45. The number of carbonyl (C=O) groups excluding carboxylic acids is 1. The summed E-state index contributed by atoms with van der Waals surface area (Å²) in [6.07, 6.45) is 0. The number of piperazine rings is 1. The smallest absolute Gasteiger partial charge is 0.238 e. The van der Waals surface area contributed by atoms with E-state index >= 15 is 0 Å². The van der Waals surface area contributed by atoms with Crippen LogP contribution in [0.5, 0.6) is 0 Å².